The molecule has 17 heavy (non-hydrogen) atoms. The van der Waals surface area contributed by atoms with Gasteiger partial charge in [-0.15, -0.1) is 0 Å². The highest BCUT2D eigenvalue weighted by Crippen LogP contribution is 2.18. The lowest BCUT2D eigenvalue weighted by atomic mass is 10.3. The lowest BCUT2D eigenvalue weighted by Crippen LogP contribution is -2.25. The number of anilines is 1. The fraction of sp³-hybridized carbons (Fsp3) is 0.667. The highest BCUT2D eigenvalue weighted by Gasteiger charge is 2.22. The minimum absolute atomic E-state index is 0.174. The smallest absolute Gasteiger partial charge is 0.220 e. The Labute approximate surface area is 102 Å². The predicted octanol–water partition coefficient (Wildman–Crippen LogP) is 1.37. The number of nitrogens with one attached hydrogen (secondary N) is 2. The fourth-order valence-electron chi connectivity index (χ4n) is 1.71. The van der Waals surface area contributed by atoms with E-state index < -0.39 is 0 Å². The maximum atomic E-state index is 11.4. The first kappa shape index (κ1) is 12.0. The molecule has 0 aromatic carbocycles. The molecule has 0 unspecified atom stereocenters. The summed E-state index contributed by atoms with van der Waals surface area (Å²) in [5.41, 5.74) is 0. The lowest BCUT2D eigenvalue weighted by molar-refractivity contribution is -0.121. The number of aromatic nitrogens is 2. The van der Waals surface area contributed by atoms with Gasteiger partial charge in [0, 0.05) is 37.9 Å². The van der Waals surface area contributed by atoms with Gasteiger partial charge in [-0.05, 0) is 26.2 Å². The number of hydrogen-bond acceptors (Lipinski definition) is 3. The Bertz CT molecular complexity index is 370. The Kier molecular flexibility index (Phi) is 4.01. The topological polar surface area (TPSA) is 59.0 Å². The second-order valence-corrected chi connectivity index (χ2v) is 4.41. The molecular weight excluding hydrogens is 216 g/mol. The van der Waals surface area contributed by atoms with E-state index in [9.17, 15) is 4.79 Å². The first-order valence-electron chi connectivity index (χ1n) is 6.34. The van der Waals surface area contributed by atoms with Crippen LogP contribution < -0.4 is 10.6 Å². The third-order valence-corrected chi connectivity index (χ3v) is 2.86. The highest BCUT2D eigenvalue weighted by atomic mass is 16.1. The van der Waals surface area contributed by atoms with Crippen LogP contribution in [-0.2, 0) is 11.3 Å². The van der Waals surface area contributed by atoms with Gasteiger partial charge in [0.15, 0.2) is 0 Å². The molecule has 5 heteroatoms. The molecule has 0 radical (unpaired) electrons. The number of carbonyl (C=O) groups excluding carboxylic acids is 1. The highest BCUT2D eigenvalue weighted by molar-refractivity contribution is 5.76. The summed E-state index contributed by atoms with van der Waals surface area (Å²) in [6.45, 7) is 3.77. The molecule has 0 bridgehead atoms. The van der Waals surface area contributed by atoms with E-state index in [1.54, 1.807) is 6.20 Å². The number of rotatable bonds is 7. The van der Waals surface area contributed by atoms with E-state index >= 15 is 0 Å². The number of amides is 1. The maximum absolute atomic E-state index is 11.4. The zero-order valence-corrected chi connectivity index (χ0v) is 10.3. The van der Waals surface area contributed by atoms with E-state index in [2.05, 4.69) is 22.5 Å². The van der Waals surface area contributed by atoms with Crippen molar-refractivity contribution in [1.82, 2.24) is 14.9 Å². The van der Waals surface area contributed by atoms with Crippen molar-refractivity contribution in [2.75, 3.05) is 11.9 Å². The lowest BCUT2D eigenvalue weighted by Gasteiger charge is -2.07. The first-order chi connectivity index (χ1) is 8.29. The molecule has 0 saturated heterocycles. The van der Waals surface area contributed by atoms with Gasteiger partial charge >= 0.3 is 0 Å². The third kappa shape index (κ3) is 3.76. The van der Waals surface area contributed by atoms with Gasteiger partial charge in [0.2, 0.25) is 11.9 Å². The minimum atomic E-state index is 0.174. The second-order valence-electron chi connectivity index (χ2n) is 4.41. The van der Waals surface area contributed by atoms with E-state index in [0.717, 1.165) is 38.3 Å². The zero-order valence-electron chi connectivity index (χ0n) is 10.3. The van der Waals surface area contributed by atoms with Gasteiger partial charge in [0.25, 0.3) is 0 Å². The number of carbonyl (C=O) groups is 1. The van der Waals surface area contributed by atoms with Crippen LogP contribution in [0.2, 0.25) is 0 Å². The van der Waals surface area contributed by atoms with E-state index in [-0.39, 0.29) is 5.91 Å². The van der Waals surface area contributed by atoms with E-state index in [1.165, 1.54) is 0 Å². The van der Waals surface area contributed by atoms with Gasteiger partial charge in [-0.1, -0.05) is 0 Å². The van der Waals surface area contributed by atoms with Gasteiger partial charge in [-0.25, -0.2) is 4.98 Å². The molecule has 1 aromatic rings. The van der Waals surface area contributed by atoms with Gasteiger partial charge in [-0.3, -0.25) is 4.79 Å². The molecule has 94 valence electrons. The quantitative estimate of drug-likeness (QED) is 0.703. The van der Waals surface area contributed by atoms with Crippen molar-refractivity contribution in [3.63, 3.8) is 0 Å². The average molecular weight is 236 g/mol. The van der Waals surface area contributed by atoms with E-state index in [4.69, 9.17) is 0 Å². The van der Waals surface area contributed by atoms with Crippen LogP contribution in [0.1, 0.15) is 32.6 Å². The van der Waals surface area contributed by atoms with Crippen molar-refractivity contribution in [2.45, 2.75) is 45.2 Å². The van der Waals surface area contributed by atoms with Crippen LogP contribution in [0, 0.1) is 0 Å². The van der Waals surface area contributed by atoms with Crippen molar-refractivity contribution in [2.24, 2.45) is 0 Å². The Morgan fingerprint density at radius 3 is 3.12 bits per heavy atom. The van der Waals surface area contributed by atoms with Crippen LogP contribution in [0.4, 0.5) is 5.95 Å². The van der Waals surface area contributed by atoms with Gasteiger partial charge in [0.1, 0.15) is 0 Å². The summed E-state index contributed by atoms with van der Waals surface area (Å²) < 4.78 is 2.05. The largest absolute Gasteiger partial charge is 0.356 e. The van der Waals surface area contributed by atoms with Crippen molar-refractivity contribution >= 4 is 11.9 Å². The standard InChI is InChI=1S/C12H20N4O/c1-2-16-9-8-14-12(16)13-7-3-4-11(17)15-10-5-6-10/h8-10H,2-7H2,1H3,(H,13,14)(H,15,17). The summed E-state index contributed by atoms with van der Waals surface area (Å²) in [4.78, 5) is 15.6. The molecule has 1 aliphatic carbocycles. The monoisotopic (exact) mass is 236 g/mol. The predicted molar refractivity (Wildman–Crippen MR) is 66.8 cm³/mol. The molecule has 1 aromatic heterocycles. The van der Waals surface area contributed by atoms with Crippen LogP contribution in [0.5, 0.6) is 0 Å². The first-order valence-corrected chi connectivity index (χ1v) is 6.34. The SMILES string of the molecule is CCn1ccnc1NCCCC(=O)NC1CC1. The molecule has 5 nitrogen and oxygen atoms in total. The number of imidazole rings is 1. The molecule has 2 N–H and O–H groups in total. The van der Waals surface area contributed by atoms with Crippen LogP contribution in [0.15, 0.2) is 12.4 Å². The maximum Gasteiger partial charge on any atom is 0.220 e. The Morgan fingerprint density at radius 2 is 2.41 bits per heavy atom. The van der Waals surface area contributed by atoms with Crippen LogP contribution >= 0.6 is 0 Å². The summed E-state index contributed by atoms with van der Waals surface area (Å²) in [7, 11) is 0. The second kappa shape index (κ2) is 5.70. The van der Waals surface area contributed by atoms with Crippen molar-refractivity contribution in [1.29, 1.82) is 0 Å². The Hall–Kier alpha value is -1.52. The normalized spacial score (nSPS) is 14.6. The Morgan fingerprint density at radius 1 is 1.59 bits per heavy atom. The molecule has 0 atom stereocenters. The average Bonchev–Trinajstić information content (AvgIpc) is 3.01. The van der Waals surface area contributed by atoms with Crippen LogP contribution in [0.25, 0.3) is 0 Å². The number of hydrogen-bond donors (Lipinski definition) is 2. The number of nitrogens with zero attached hydrogens (tertiary/aromatic N) is 2. The van der Waals surface area contributed by atoms with E-state index in [1.807, 2.05) is 10.8 Å². The molecule has 1 amide bonds. The summed E-state index contributed by atoms with van der Waals surface area (Å²) in [5.74, 6) is 1.06. The van der Waals surface area contributed by atoms with Crippen LogP contribution in [0.3, 0.4) is 0 Å². The van der Waals surface area contributed by atoms with Gasteiger partial charge < -0.3 is 15.2 Å². The van der Waals surface area contributed by atoms with Crippen LogP contribution in [-0.4, -0.2) is 28.0 Å². The molecule has 1 fully saturated rings. The summed E-state index contributed by atoms with van der Waals surface area (Å²) in [6.07, 6.45) is 7.47. The summed E-state index contributed by atoms with van der Waals surface area (Å²) >= 11 is 0. The van der Waals surface area contributed by atoms with E-state index in [0.29, 0.717) is 12.5 Å². The zero-order chi connectivity index (χ0) is 12.1. The molecular formula is C12H20N4O. The summed E-state index contributed by atoms with van der Waals surface area (Å²) in [6, 6.07) is 0.467. The van der Waals surface area contributed by atoms with Crippen molar-refractivity contribution in [3.05, 3.63) is 12.4 Å². The molecule has 1 saturated carbocycles. The van der Waals surface area contributed by atoms with Gasteiger partial charge in [0.05, 0.1) is 0 Å². The molecule has 1 heterocycles. The van der Waals surface area contributed by atoms with Crippen molar-refractivity contribution in [3.8, 4) is 0 Å². The minimum Gasteiger partial charge on any atom is -0.356 e. The molecule has 0 aliphatic heterocycles. The summed E-state index contributed by atoms with van der Waals surface area (Å²) in [5, 5.41) is 6.22. The molecule has 1 aliphatic rings. The number of aryl methyl sites for hydroxylation is 1. The third-order valence-electron chi connectivity index (χ3n) is 2.86. The Balaban J connectivity index is 1.60. The molecule has 0 spiro atoms. The molecule has 2 rings (SSSR count). The van der Waals surface area contributed by atoms with Gasteiger partial charge in [-0.2, -0.15) is 0 Å². The fourth-order valence-corrected chi connectivity index (χ4v) is 1.71. The van der Waals surface area contributed by atoms with Crippen molar-refractivity contribution < 1.29 is 4.79 Å².